The van der Waals surface area contributed by atoms with Crippen LogP contribution in [0.5, 0.6) is 34.5 Å². The Morgan fingerprint density at radius 3 is 2.04 bits per heavy atom. The van der Waals surface area contributed by atoms with E-state index in [0.29, 0.717) is 22.8 Å². The Bertz CT molecular complexity index is 892. The third-order valence-corrected chi connectivity index (χ3v) is 4.59. The first-order valence-corrected chi connectivity index (χ1v) is 8.44. The van der Waals surface area contributed by atoms with Crippen LogP contribution < -0.4 is 28.4 Å². The van der Waals surface area contributed by atoms with E-state index in [1.165, 1.54) is 41.6 Å². The first kappa shape index (κ1) is 19.6. The summed E-state index contributed by atoms with van der Waals surface area (Å²) in [5.74, 6) is 1.40. The topological polar surface area (TPSA) is 92.7 Å². The number of hydrogen-bond acceptors (Lipinski definition) is 8. The van der Waals surface area contributed by atoms with E-state index < -0.39 is 18.0 Å². The second-order valence-corrected chi connectivity index (χ2v) is 5.98. The molecule has 2 aromatic rings. The Labute approximate surface area is 162 Å². The Hall–Kier alpha value is -3.13. The maximum atomic E-state index is 13.0. The molecule has 1 heterocycles. The van der Waals surface area contributed by atoms with Gasteiger partial charge in [-0.1, -0.05) is 6.07 Å². The Morgan fingerprint density at radius 2 is 1.46 bits per heavy atom. The average Bonchev–Trinajstić information content (AvgIpc) is 2.73. The Balaban J connectivity index is 2.12. The second-order valence-electron chi connectivity index (χ2n) is 5.98. The van der Waals surface area contributed by atoms with E-state index in [1.807, 2.05) is 0 Å². The number of carbonyl (C=O) groups excluding carboxylic acids is 1. The largest absolute Gasteiger partial charge is 0.493 e. The van der Waals surface area contributed by atoms with Crippen molar-refractivity contribution in [1.82, 2.24) is 0 Å². The number of ketones is 1. The van der Waals surface area contributed by atoms with E-state index in [4.69, 9.17) is 28.4 Å². The Morgan fingerprint density at radius 1 is 0.821 bits per heavy atom. The van der Waals surface area contributed by atoms with Crippen molar-refractivity contribution in [2.24, 2.45) is 0 Å². The summed E-state index contributed by atoms with van der Waals surface area (Å²) in [6, 6.07) is 6.57. The van der Waals surface area contributed by atoms with Crippen molar-refractivity contribution in [1.29, 1.82) is 0 Å². The number of ether oxygens (including phenoxy) is 6. The molecular formula is C20H22O8. The van der Waals surface area contributed by atoms with E-state index in [-0.39, 0.29) is 22.8 Å². The molecule has 0 saturated carbocycles. The quantitative estimate of drug-likeness (QED) is 0.804. The number of aliphatic hydroxyl groups excluding tert-OH is 1. The highest BCUT2D eigenvalue weighted by atomic mass is 16.5. The molecule has 28 heavy (non-hydrogen) atoms. The lowest BCUT2D eigenvalue weighted by Gasteiger charge is -2.31. The summed E-state index contributed by atoms with van der Waals surface area (Å²) in [5, 5.41) is 10.7. The van der Waals surface area contributed by atoms with Gasteiger partial charge in [0.05, 0.1) is 35.5 Å². The fourth-order valence-electron chi connectivity index (χ4n) is 3.23. The normalized spacial score (nSPS) is 18.0. The summed E-state index contributed by atoms with van der Waals surface area (Å²) < 4.78 is 32.5. The molecule has 150 valence electrons. The summed E-state index contributed by atoms with van der Waals surface area (Å²) in [6.45, 7) is 0. The number of benzene rings is 2. The molecule has 1 aliphatic heterocycles. The predicted molar refractivity (Wildman–Crippen MR) is 99.4 cm³/mol. The molecule has 8 nitrogen and oxygen atoms in total. The number of rotatable bonds is 6. The minimum absolute atomic E-state index is 0.101. The average molecular weight is 390 g/mol. The van der Waals surface area contributed by atoms with Crippen molar-refractivity contribution in [3.05, 3.63) is 35.4 Å². The van der Waals surface area contributed by atoms with E-state index >= 15 is 0 Å². The van der Waals surface area contributed by atoms with Gasteiger partial charge in [0.1, 0.15) is 11.3 Å². The number of carbonyl (C=O) groups is 1. The van der Waals surface area contributed by atoms with Crippen molar-refractivity contribution < 1.29 is 38.3 Å². The molecule has 0 bridgehead atoms. The lowest BCUT2D eigenvalue weighted by molar-refractivity contribution is 0.0208. The highest BCUT2D eigenvalue weighted by Gasteiger charge is 2.41. The predicted octanol–water partition coefficient (Wildman–Crippen LogP) is 2.41. The highest BCUT2D eigenvalue weighted by molar-refractivity contribution is 6.06. The Kier molecular flexibility index (Phi) is 5.51. The van der Waals surface area contributed by atoms with Crippen LogP contribution >= 0.6 is 0 Å². The van der Waals surface area contributed by atoms with E-state index in [0.717, 1.165) is 0 Å². The van der Waals surface area contributed by atoms with Crippen LogP contribution in [-0.2, 0) is 0 Å². The molecule has 2 aromatic carbocycles. The molecule has 3 rings (SSSR count). The zero-order valence-corrected chi connectivity index (χ0v) is 16.3. The van der Waals surface area contributed by atoms with Gasteiger partial charge in [-0.05, 0) is 17.7 Å². The maximum absolute atomic E-state index is 13.0. The van der Waals surface area contributed by atoms with Crippen LogP contribution in [0.3, 0.4) is 0 Å². The summed E-state index contributed by atoms with van der Waals surface area (Å²) >= 11 is 0. The standard InChI is InChI=1S/C20H22O8/c1-23-11-7-6-10(8-12(11)24-2)18-17(22)16(21)15-13(28-18)9-14(25-3)19(26-4)20(15)27-5/h6-9,17-18,22H,1-5H3. The molecule has 0 fully saturated rings. The van der Waals surface area contributed by atoms with Crippen molar-refractivity contribution in [3.63, 3.8) is 0 Å². The van der Waals surface area contributed by atoms with Gasteiger partial charge >= 0.3 is 0 Å². The van der Waals surface area contributed by atoms with Gasteiger partial charge in [0.2, 0.25) is 11.5 Å². The summed E-state index contributed by atoms with van der Waals surface area (Å²) in [4.78, 5) is 13.0. The van der Waals surface area contributed by atoms with Crippen LogP contribution in [0.15, 0.2) is 24.3 Å². The van der Waals surface area contributed by atoms with Crippen LogP contribution in [0.25, 0.3) is 0 Å². The summed E-state index contributed by atoms with van der Waals surface area (Å²) in [7, 11) is 7.33. The minimum atomic E-state index is -1.45. The van der Waals surface area contributed by atoms with Gasteiger partial charge in [0.15, 0.2) is 35.2 Å². The van der Waals surface area contributed by atoms with Gasteiger partial charge in [-0.3, -0.25) is 4.79 Å². The zero-order chi connectivity index (χ0) is 20.4. The van der Waals surface area contributed by atoms with Crippen molar-refractivity contribution in [2.45, 2.75) is 12.2 Å². The van der Waals surface area contributed by atoms with Crippen LogP contribution in [0.1, 0.15) is 22.0 Å². The molecule has 0 radical (unpaired) electrons. The molecule has 0 amide bonds. The zero-order valence-electron chi connectivity index (χ0n) is 16.3. The second kappa shape index (κ2) is 7.85. The van der Waals surface area contributed by atoms with E-state index in [2.05, 4.69) is 0 Å². The van der Waals surface area contributed by atoms with Gasteiger partial charge in [0.25, 0.3) is 0 Å². The minimum Gasteiger partial charge on any atom is -0.493 e. The first-order valence-electron chi connectivity index (χ1n) is 8.44. The molecule has 0 aromatic heterocycles. The molecule has 0 spiro atoms. The number of fused-ring (bicyclic) bond motifs is 1. The van der Waals surface area contributed by atoms with Crippen molar-refractivity contribution in [3.8, 4) is 34.5 Å². The van der Waals surface area contributed by atoms with Gasteiger partial charge in [-0.2, -0.15) is 0 Å². The molecule has 1 aliphatic rings. The number of Topliss-reactive ketones (excluding diaryl/α,β-unsaturated/α-hetero) is 1. The molecule has 2 unspecified atom stereocenters. The highest BCUT2D eigenvalue weighted by Crippen LogP contribution is 2.49. The maximum Gasteiger partial charge on any atom is 0.204 e. The molecule has 2 atom stereocenters. The first-order chi connectivity index (χ1) is 13.5. The third-order valence-electron chi connectivity index (χ3n) is 4.59. The molecule has 0 saturated heterocycles. The van der Waals surface area contributed by atoms with E-state index in [1.54, 1.807) is 18.2 Å². The SMILES string of the molecule is COc1ccc(C2Oc3cc(OC)c(OC)c(OC)c3C(=O)C2O)cc1OC. The molecular weight excluding hydrogens is 368 g/mol. The van der Waals surface area contributed by atoms with Gasteiger partial charge in [-0.15, -0.1) is 0 Å². The summed E-state index contributed by atoms with van der Waals surface area (Å²) in [6.07, 6.45) is -2.39. The van der Waals surface area contributed by atoms with Crippen LogP contribution in [0, 0.1) is 0 Å². The fraction of sp³-hybridized carbons (Fsp3) is 0.350. The number of aliphatic hydroxyl groups is 1. The van der Waals surface area contributed by atoms with Crippen molar-refractivity contribution in [2.75, 3.05) is 35.5 Å². The van der Waals surface area contributed by atoms with E-state index in [9.17, 15) is 9.90 Å². The fourth-order valence-corrected chi connectivity index (χ4v) is 3.23. The third kappa shape index (κ3) is 3.05. The monoisotopic (exact) mass is 390 g/mol. The lowest BCUT2D eigenvalue weighted by atomic mass is 9.92. The smallest absolute Gasteiger partial charge is 0.204 e. The van der Waals surface area contributed by atoms with Crippen LogP contribution in [-0.4, -0.2) is 52.5 Å². The molecule has 1 N–H and O–H groups in total. The van der Waals surface area contributed by atoms with Gasteiger partial charge in [0, 0.05) is 6.07 Å². The van der Waals surface area contributed by atoms with Crippen LogP contribution in [0.2, 0.25) is 0 Å². The number of methoxy groups -OCH3 is 5. The van der Waals surface area contributed by atoms with Crippen molar-refractivity contribution >= 4 is 5.78 Å². The lowest BCUT2D eigenvalue weighted by Crippen LogP contribution is -2.36. The van der Waals surface area contributed by atoms with Crippen LogP contribution in [0.4, 0.5) is 0 Å². The summed E-state index contributed by atoms with van der Waals surface area (Å²) in [5.41, 5.74) is 0.655. The molecule has 8 heteroatoms. The van der Waals surface area contributed by atoms with Gasteiger partial charge in [-0.25, -0.2) is 0 Å². The molecule has 0 aliphatic carbocycles. The number of hydrogen-bond donors (Lipinski definition) is 1. The van der Waals surface area contributed by atoms with Gasteiger partial charge < -0.3 is 33.5 Å².